The average molecular weight is 480 g/mol. The number of hydrogen-bond donors (Lipinski definition) is 5. The van der Waals surface area contributed by atoms with Crippen molar-refractivity contribution in [1.82, 2.24) is 15.5 Å². The van der Waals surface area contributed by atoms with Crippen molar-refractivity contribution in [3.8, 4) is 0 Å². The molecule has 0 bridgehead atoms. The smallest absolute Gasteiger partial charge is 0.305 e. The summed E-state index contributed by atoms with van der Waals surface area (Å²) in [5.41, 5.74) is 4.84. The number of likely N-dealkylation sites (tertiary alicyclic amines) is 1. The number of carboxylic acids is 1. The third-order valence-corrected chi connectivity index (χ3v) is 7.94. The number of ether oxygens (including phenoxy) is 1. The minimum Gasteiger partial charge on any atom is -0.481 e. The zero-order valence-corrected chi connectivity index (χ0v) is 21.0. The Morgan fingerprint density at radius 2 is 1.88 bits per heavy atom. The lowest BCUT2D eigenvalue weighted by molar-refractivity contribution is -0.141. The summed E-state index contributed by atoms with van der Waals surface area (Å²) in [7, 11) is 0. The Bertz CT molecular complexity index is 693. The molecule has 1 aliphatic carbocycles. The van der Waals surface area contributed by atoms with Crippen molar-refractivity contribution < 1.29 is 19.4 Å². The van der Waals surface area contributed by atoms with Crippen molar-refractivity contribution in [1.29, 1.82) is 5.41 Å². The van der Waals surface area contributed by atoms with Gasteiger partial charge in [0.2, 0.25) is 0 Å². The minimum absolute atomic E-state index is 0.0181. The fourth-order valence-corrected chi connectivity index (χ4v) is 6.28. The maximum atomic E-state index is 13.9. The summed E-state index contributed by atoms with van der Waals surface area (Å²) in [6.45, 7) is 7.12. The van der Waals surface area contributed by atoms with Crippen LogP contribution in [0.2, 0.25) is 0 Å². The molecule has 9 nitrogen and oxygen atoms in total. The van der Waals surface area contributed by atoms with E-state index in [9.17, 15) is 14.7 Å². The summed E-state index contributed by atoms with van der Waals surface area (Å²) in [6.07, 6.45) is 7.93. The summed E-state index contributed by atoms with van der Waals surface area (Å²) in [6, 6.07) is -0.514. The zero-order chi connectivity index (χ0) is 24.7. The van der Waals surface area contributed by atoms with Crippen molar-refractivity contribution in [3.05, 3.63) is 0 Å². The number of nitrogens with zero attached hydrogens (tertiary/aromatic N) is 1. The average Bonchev–Trinajstić information content (AvgIpc) is 2.78. The Balaban J connectivity index is 1.63. The van der Waals surface area contributed by atoms with E-state index in [4.69, 9.17) is 15.9 Å². The van der Waals surface area contributed by atoms with Crippen molar-refractivity contribution in [2.45, 2.75) is 102 Å². The number of guanidine groups is 1. The van der Waals surface area contributed by atoms with Gasteiger partial charge in [0.1, 0.15) is 0 Å². The number of nitrogens with one attached hydrogen (secondary N) is 3. The predicted molar refractivity (Wildman–Crippen MR) is 132 cm³/mol. The molecular weight excluding hydrogens is 434 g/mol. The molecule has 34 heavy (non-hydrogen) atoms. The molecule has 0 radical (unpaired) electrons. The van der Waals surface area contributed by atoms with E-state index >= 15 is 0 Å². The van der Waals surface area contributed by atoms with Crippen LogP contribution in [-0.2, 0) is 14.3 Å². The fourth-order valence-electron chi connectivity index (χ4n) is 6.28. The molecule has 3 rings (SSSR count). The third kappa shape index (κ3) is 7.39. The summed E-state index contributed by atoms with van der Waals surface area (Å²) >= 11 is 0. The molecule has 4 atom stereocenters. The molecule has 1 saturated carbocycles. The number of piperidine rings is 2. The van der Waals surface area contributed by atoms with Gasteiger partial charge in [-0.2, -0.15) is 0 Å². The Labute approximate surface area is 204 Å². The number of Topliss-reactive ketones (excluding diaryl/α,β-unsaturated/α-hetero) is 1. The van der Waals surface area contributed by atoms with E-state index in [1.807, 2.05) is 4.90 Å². The Morgan fingerprint density at radius 3 is 2.44 bits per heavy atom. The Kier molecular flexibility index (Phi) is 9.74. The normalized spacial score (nSPS) is 31.7. The minimum atomic E-state index is -0.942. The lowest BCUT2D eigenvalue weighted by atomic mass is 9.77. The first-order chi connectivity index (χ1) is 16.2. The van der Waals surface area contributed by atoms with Crippen molar-refractivity contribution in [3.63, 3.8) is 0 Å². The predicted octanol–water partition coefficient (Wildman–Crippen LogP) is 2.09. The van der Waals surface area contributed by atoms with Gasteiger partial charge in [-0.25, -0.2) is 0 Å². The van der Waals surface area contributed by atoms with Crippen LogP contribution in [0.15, 0.2) is 0 Å². The van der Waals surface area contributed by atoms with Gasteiger partial charge < -0.3 is 31.1 Å². The summed E-state index contributed by atoms with van der Waals surface area (Å²) in [5.74, 6) is 0.295. The molecule has 3 fully saturated rings. The number of aliphatic carboxylic acids is 1. The maximum Gasteiger partial charge on any atom is 0.305 e. The molecule has 6 N–H and O–H groups in total. The van der Waals surface area contributed by atoms with E-state index in [0.717, 1.165) is 45.1 Å². The molecule has 2 aliphatic heterocycles. The van der Waals surface area contributed by atoms with Gasteiger partial charge in [0.15, 0.2) is 11.7 Å². The van der Waals surface area contributed by atoms with Gasteiger partial charge in [0, 0.05) is 25.7 Å². The Morgan fingerprint density at radius 1 is 1.21 bits per heavy atom. The summed E-state index contributed by atoms with van der Waals surface area (Å²) < 4.78 is 6.16. The molecule has 2 saturated heterocycles. The SMILES string of the molecule is CC1CC(C)CC(N[C@@H](CC(=O)O)C(=O)C2(CCOC3CCN(C(=N)N)CC3)CCCCN2)C1. The van der Waals surface area contributed by atoms with Crippen LogP contribution < -0.4 is 16.4 Å². The summed E-state index contributed by atoms with van der Waals surface area (Å²) in [4.78, 5) is 27.5. The van der Waals surface area contributed by atoms with Crippen LogP contribution in [0.3, 0.4) is 0 Å². The van der Waals surface area contributed by atoms with Crippen molar-refractivity contribution >= 4 is 17.7 Å². The van der Waals surface area contributed by atoms with Crippen LogP contribution in [0.1, 0.15) is 78.1 Å². The van der Waals surface area contributed by atoms with E-state index in [2.05, 4.69) is 24.5 Å². The van der Waals surface area contributed by atoms with Gasteiger partial charge in [-0.15, -0.1) is 0 Å². The topological polar surface area (TPSA) is 141 Å². The Hall–Kier alpha value is -1.71. The third-order valence-electron chi connectivity index (χ3n) is 7.94. The zero-order valence-electron chi connectivity index (χ0n) is 21.0. The molecule has 9 heteroatoms. The molecular formula is C25H45N5O4. The molecule has 2 heterocycles. The van der Waals surface area contributed by atoms with Gasteiger partial charge in [-0.1, -0.05) is 13.8 Å². The van der Waals surface area contributed by atoms with Crippen molar-refractivity contribution in [2.75, 3.05) is 26.2 Å². The molecule has 3 unspecified atom stereocenters. The molecule has 0 amide bonds. The number of carbonyl (C=O) groups excluding carboxylic acids is 1. The molecule has 0 spiro atoms. The van der Waals surface area contributed by atoms with Gasteiger partial charge in [0.05, 0.1) is 24.1 Å². The second-order valence-corrected chi connectivity index (χ2v) is 11.0. The number of ketones is 1. The standard InChI is InChI=1S/C25H45N5O4/c1-17-13-18(2)15-19(14-17)29-21(16-22(31)32)23(33)25(7-3-4-9-28-25)8-12-34-20-5-10-30(11-6-20)24(26)27/h17-21,28-29H,3-16H2,1-2H3,(H3,26,27)(H,31,32)/t17?,18?,19?,21-,25?/m0/s1. The lowest BCUT2D eigenvalue weighted by Gasteiger charge is -2.41. The van der Waals surface area contributed by atoms with Crippen molar-refractivity contribution in [2.24, 2.45) is 17.6 Å². The van der Waals surface area contributed by atoms with Crippen LogP contribution in [0.25, 0.3) is 0 Å². The molecule has 194 valence electrons. The van der Waals surface area contributed by atoms with Crippen LogP contribution in [0.5, 0.6) is 0 Å². The molecule has 3 aliphatic rings. The number of nitrogens with two attached hydrogens (primary N) is 1. The first kappa shape index (κ1) is 26.9. The number of carboxylic acid groups (broad SMARTS) is 1. The second kappa shape index (κ2) is 12.3. The number of hydrogen-bond acceptors (Lipinski definition) is 6. The highest BCUT2D eigenvalue weighted by Crippen LogP contribution is 2.31. The first-order valence-corrected chi connectivity index (χ1v) is 13.2. The van der Waals surface area contributed by atoms with E-state index in [1.165, 1.54) is 6.42 Å². The van der Waals surface area contributed by atoms with Crippen LogP contribution in [0, 0.1) is 17.2 Å². The highest BCUT2D eigenvalue weighted by Gasteiger charge is 2.44. The fraction of sp³-hybridized carbons (Fsp3) is 0.880. The van der Waals surface area contributed by atoms with E-state index in [-0.39, 0.29) is 30.3 Å². The largest absolute Gasteiger partial charge is 0.481 e. The molecule has 0 aromatic heterocycles. The monoisotopic (exact) mass is 479 g/mol. The van der Waals surface area contributed by atoms with Gasteiger partial charge in [-0.3, -0.25) is 15.0 Å². The quantitative estimate of drug-likeness (QED) is 0.237. The lowest BCUT2D eigenvalue weighted by Crippen LogP contribution is -2.62. The first-order valence-electron chi connectivity index (χ1n) is 13.2. The highest BCUT2D eigenvalue weighted by molar-refractivity contribution is 5.95. The van der Waals surface area contributed by atoms with Crippen LogP contribution >= 0.6 is 0 Å². The second-order valence-electron chi connectivity index (χ2n) is 11.0. The van der Waals surface area contributed by atoms with Gasteiger partial charge in [-0.05, 0) is 76.2 Å². The maximum absolute atomic E-state index is 13.9. The number of rotatable bonds is 10. The molecule has 0 aromatic rings. The number of carbonyl (C=O) groups is 2. The van der Waals surface area contributed by atoms with Gasteiger partial charge >= 0.3 is 5.97 Å². The van der Waals surface area contributed by atoms with E-state index in [1.54, 1.807) is 0 Å². The van der Waals surface area contributed by atoms with Crippen LogP contribution in [-0.4, -0.2) is 77.7 Å². The molecule has 0 aromatic carbocycles. The van der Waals surface area contributed by atoms with Crippen LogP contribution in [0.4, 0.5) is 0 Å². The summed E-state index contributed by atoms with van der Waals surface area (Å²) in [5, 5.41) is 24.1. The van der Waals surface area contributed by atoms with Gasteiger partial charge in [0.25, 0.3) is 0 Å². The van der Waals surface area contributed by atoms with E-state index < -0.39 is 17.6 Å². The van der Waals surface area contributed by atoms with E-state index in [0.29, 0.717) is 44.4 Å². The highest BCUT2D eigenvalue weighted by atomic mass is 16.5.